The van der Waals surface area contributed by atoms with Gasteiger partial charge in [-0.2, -0.15) is 0 Å². The van der Waals surface area contributed by atoms with Crippen LogP contribution in [-0.2, 0) is 11.3 Å². The van der Waals surface area contributed by atoms with Crippen molar-refractivity contribution in [3.8, 4) is 17.2 Å². The number of benzene rings is 1. The van der Waals surface area contributed by atoms with Crippen molar-refractivity contribution in [2.45, 2.75) is 19.5 Å². The Morgan fingerprint density at radius 1 is 1.04 bits per heavy atom. The van der Waals surface area contributed by atoms with Crippen LogP contribution in [0.15, 0.2) is 12.1 Å². The second-order valence-electron chi connectivity index (χ2n) is 5.92. The molecule has 0 aliphatic carbocycles. The number of carbonyl (C=O) groups excluding carboxylic acids is 1. The van der Waals surface area contributed by atoms with Crippen LogP contribution in [0.1, 0.15) is 12.5 Å². The molecule has 2 rings (SSSR count). The number of methoxy groups -OCH3 is 3. The minimum atomic E-state index is -0.438. The first kappa shape index (κ1) is 24.6. The Bertz CT molecular complexity index is 554. The average molecular weight is 410 g/mol. The Balaban J connectivity index is 0.00000312. The van der Waals surface area contributed by atoms with Gasteiger partial charge in [-0.25, -0.2) is 0 Å². The summed E-state index contributed by atoms with van der Waals surface area (Å²) in [5.74, 6) is 1.91. The summed E-state index contributed by atoms with van der Waals surface area (Å²) in [6.45, 7) is 5.52. The molecular formula is C17H29Cl2N3O4. The van der Waals surface area contributed by atoms with Crippen molar-refractivity contribution in [2.75, 3.05) is 47.5 Å². The van der Waals surface area contributed by atoms with Crippen molar-refractivity contribution in [3.63, 3.8) is 0 Å². The zero-order chi connectivity index (χ0) is 17.7. The van der Waals surface area contributed by atoms with Gasteiger partial charge in [0, 0.05) is 32.7 Å². The van der Waals surface area contributed by atoms with Crippen LogP contribution in [0, 0.1) is 0 Å². The van der Waals surface area contributed by atoms with E-state index in [0.29, 0.717) is 30.3 Å². The number of ether oxygens (including phenoxy) is 3. The van der Waals surface area contributed by atoms with Crippen LogP contribution in [-0.4, -0.2) is 69.3 Å². The first-order valence-electron chi connectivity index (χ1n) is 8.05. The highest BCUT2D eigenvalue weighted by Gasteiger charge is 2.23. The number of amides is 1. The van der Waals surface area contributed by atoms with Crippen molar-refractivity contribution < 1.29 is 19.0 Å². The molecule has 9 heteroatoms. The van der Waals surface area contributed by atoms with Crippen molar-refractivity contribution in [2.24, 2.45) is 5.73 Å². The predicted octanol–water partition coefficient (Wildman–Crippen LogP) is 1.55. The predicted molar refractivity (Wildman–Crippen MR) is 106 cm³/mol. The number of halogens is 2. The van der Waals surface area contributed by atoms with Crippen LogP contribution in [0.3, 0.4) is 0 Å². The summed E-state index contributed by atoms with van der Waals surface area (Å²) in [7, 11) is 4.81. The number of hydrogen-bond acceptors (Lipinski definition) is 6. The second-order valence-corrected chi connectivity index (χ2v) is 5.92. The lowest BCUT2D eigenvalue weighted by atomic mass is 10.1. The summed E-state index contributed by atoms with van der Waals surface area (Å²) in [6, 6.07) is 3.48. The Morgan fingerprint density at radius 3 is 1.92 bits per heavy atom. The third-order valence-corrected chi connectivity index (χ3v) is 4.20. The van der Waals surface area contributed by atoms with Crippen LogP contribution < -0.4 is 19.9 Å². The third kappa shape index (κ3) is 5.81. The molecule has 1 fully saturated rings. The lowest BCUT2D eigenvalue weighted by Gasteiger charge is -2.35. The van der Waals surface area contributed by atoms with E-state index in [-0.39, 0.29) is 30.7 Å². The van der Waals surface area contributed by atoms with Crippen LogP contribution in [0.4, 0.5) is 0 Å². The number of nitrogens with two attached hydrogens (primary N) is 1. The van der Waals surface area contributed by atoms with Crippen molar-refractivity contribution in [3.05, 3.63) is 17.7 Å². The second kappa shape index (κ2) is 11.3. The number of nitrogens with zero attached hydrogens (tertiary/aromatic N) is 2. The number of carbonyl (C=O) groups is 1. The maximum absolute atomic E-state index is 11.9. The van der Waals surface area contributed by atoms with E-state index >= 15 is 0 Å². The Labute approximate surface area is 167 Å². The molecule has 1 atom stereocenters. The van der Waals surface area contributed by atoms with E-state index < -0.39 is 6.04 Å². The van der Waals surface area contributed by atoms with Crippen LogP contribution in [0.5, 0.6) is 17.2 Å². The van der Waals surface area contributed by atoms with Gasteiger partial charge in [0.25, 0.3) is 0 Å². The minimum Gasteiger partial charge on any atom is -0.493 e. The monoisotopic (exact) mass is 409 g/mol. The fourth-order valence-corrected chi connectivity index (χ4v) is 2.90. The lowest BCUT2D eigenvalue weighted by Crippen LogP contribution is -2.52. The van der Waals surface area contributed by atoms with Gasteiger partial charge < -0.3 is 24.8 Å². The van der Waals surface area contributed by atoms with Crippen molar-refractivity contribution in [1.29, 1.82) is 0 Å². The average Bonchev–Trinajstić information content (AvgIpc) is 2.60. The van der Waals surface area contributed by atoms with E-state index in [9.17, 15) is 4.79 Å². The highest BCUT2D eigenvalue weighted by atomic mass is 35.5. The Kier molecular flexibility index (Phi) is 10.7. The van der Waals surface area contributed by atoms with E-state index in [0.717, 1.165) is 25.2 Å². The molecule has 1 amide bonds. The molecule has 7 nitrogen and oxygen atoms in total. The first-order chi connectivity index (χ1) is 11.5. The molecule has 150 valence electrons. The van der Waals surface area contributed by atoms with Gasteiger partial charge in [0.15, 0.2) is 11.5 Å². The first-order valence-corrected chi connectivity index (χ1v) is 8.05. The summed E-state index contributed by atoms with van der Waals surface area (Å²) in [5.41, 5.74) is 6.75. The highest BCUT2D eigenvalue weighted by molar-refractivity contribution is 5.85. The molecule has 2 N–H and O–H groups in total. The van der Waals surface area contributed by atoms with Crippen molar-refractivity contribution in [1.82, 2.24) is 9.80 Å². The molecule has 1 aliphatic heterocycles. The fraction of sp³-hybridized carbons (Fsp3) is 0.588. The topological polar surface area (TPSA) is 77.3 Å². The Morgan fingerprint density at radius 2 is 1.54 bits per heavy atom. The smallest absolute Gasteiger partial charge is 0.239 e. The van der Waals surface area contributed by atoms with Crippen molar-refractivity contribution >= 4 is 30.7 Å². The van der Waals surface area contributed by atoms with E-state index in [2.05, 4.69) is 4.90 Å². The molecular weight excluding hydrogens is 381 g/mol. The van der Waals surface area contributed by atoms with Gasteiger partial charge in [-0.1, -0.05) is 0 Å². The van der Waals surface area contributed by atoms with Gasteiger partial charge in [-0.15, -0.1) is 24.8 Å². The van der Waals surface area contributed by atoms with E-state index in [1.165, 1.54) is 0 Å². The standard InChI is InChI=1S/C17H27N3O4.2ClH/c1-12(18)17(21)20-7-5-19(6-8-20)11-13-9-14(22-2)16(24-4)15(10-13)23-3;;/h9-10,12H,5-8,11,18H2,1-4H3;2*1H/t12-;;/m1../s1. The molecule has 1 heterocycles. The van der Waals surface area contributed by atoms with Crippen LogP contribution >= 0.6 is 24.8 Å². The molecule has 26 heavy (non-hydrogen) atoms. The molecule has 0 radical (unpaired) electrons. The van der Waals surface area contributed by atoms with Crippen LogP contribution in [0.2, 0.25) is 0 Å². The van der Waals surface area contributed by atoms with Gasteiger partial charge in [0.05, 0.1) is 27.4 Å². The number of hydrogen-bond donors (Lipinski definition) is 1. The maximum atomic E-state index is 11.9. The third-order valence-electron chi connectivity index (χ3n) is 4.20. The molecule has 1 aromatic rings. The maximum Gasteiger partial charge on any atom is 0.239 e. The molecule has 0 bridgehead atoms. The van der Waals surface area contributed by atoms with Gasteiger partial charge in [-0.3, -0.25) is 9.69 Å². The zero-order valence-electron chi connectivity index (χ0n) is 15.7. The molecule has 1 saturated heterocycles. The van der Waals surface area contributed by atoms with Gasteiger partial charge in [0.1, 0.15) is 0 Å². The number of rotatable bonds is 6. The van der Waals surface area contributed by atoms with Crippen LogP contribution in [0.25, 0.3) is 0 Å². The van der Waals surface area contributed by atoms with Gasteiger partial charge in [0.2, 0.25) is 11.7 Å². The van der Waals surface area contributed by atoms with Gasteiger partial charge in [-0.05, 0) is 24.6 Å². The minimum absolute atomic E-state index is 0. The largest absolute Gasteiger partial charge is 0.493 e. The summed E-state index contributed by atoms with van der Waals surface area (Å²) in [5, 5.41) is 0. The number of piperazine rings is 1. The van der Waals surface area contributed by atoms with E-state index in [1.54, 1.807) is 28.3 Å². The Hall–Kier alpha value is -1.41. The summed E-state index contributed by atoms with van der Waals surface area (Å²) in [4.78, 5) is 16.1. The fourth-order valence-electron chi connectivity index (χ4n) is 2.90. The molecule has 0 spiro atoms. The highest BCUT2D eigenvalue weighted by Crippen LogP contribution is 2.38. The molecule has 1 aromatic carbocycles. The summed E-state index contributed by atoms with van der Waals surface area (Å²) in [6.07, 6.45) is 0. The molecule has 0 unspecified atom stereocenters. The molecule has 1 aliphatic rings. The van der Waals surface area contributed by atoms with E-state index in [1.807, 2.05) is 17.0 Å². The molecule has 0 saturated carbocycles. The summed E-state index contributed by atoms with van der Waals surface area (Å²) >= 11 is 0. The lowest BCUT2D eigenvalue weighted by molar-refractivity contribution is -0.134. The normalized spacial score (nSPS) is 15.3. The quantitative estimate of drug-likeness (QED) is 0.767. The SMILES string of the molecule is COc1cc(CN2CCN(C(=O)[C@@H](C)N)CC2)cc(OC)c1OC.Cl.Cl. The molecule has 0 aromatic heterocycles. The van der Waals surface area contributed by atoms with E-state index in [4.69, 9.17) is 19.9 Å². The van der Waals surface area contributed by atoms with Gasteiger partial charge >= 0.3 is 0 Å². The summed E-state index contributed by atoms with van der Waals surface area (Å²) < 4.78 is 16.1. The zero-order valence-corrected chi connectivity index (χ0v) is 17.3.